The van der Waals surface area contributed by atoms with E-state index in [0.717, 1.165) is 19.3 Å². The molecule has 1 saturated carbocycles. The second-order valence-corrected chi connectivity index (χ2v) is 2.68. The van der Waals surface area contributed by atoms with E-state index in [4.69, 9.17) is 10.6 Å². The highest BCUT2D eigenvalue weighted by atomic mass is 16.3. The lowest BCUT2D eigenvalue weighted by Crippen LogP contribution is -2.21. The number of aliphatic hydroxyl groups excluding tert-OH is 1. The topological polar surface area (TPSA) is 69.0 Å². The highest BCUT2D eigenvalue weighted by molar-refractivity contribution is 4.77. The van der Waals surface area contributed by atoms with Crippen molar-refractivity contribution >= 4 is 0 Å². The van der Waals surface area contributed by atoms with E-state index >= 15 is 0 Å². The van der Waals surface area contributed by atoms with E-state index in [9.17, 15) is 0 Å². The number of hydrogen-bond acceptors (Lipinski definition) is 2. The quantitative estimate of drug-likeness (QED) is 0.336. The Morgan fingerprint density at radius 1 is 1.50 bits per heavy atom. The maximum atomic E-state index is 9.12. The average Bonchev–Trinajstić information content (AvgIpc) is 1.88. The minimum absolute atomic E-state index is 0.0359. The van der Waals surface area contributed by atoms with Gasteiger partial charge in [0.05, 0.1) is 6.10 Å². The summed E-state index contributed by atoms with van der Waals surface area (Å²) in [6, 6.07) is 0.0359. The van der Waals surface area contributed by atoms with Gasteiger partial charge in [0.2, 0.25) is 0 Å². The predicted molar refractivity (Wildman–Crippen MR) is 37.4 cm³/mol. The SMILES string of the molecule is [N-]=[N+]=NC1CCCC(O)C1. The van der Waals surface area contributed by atoms with Crippen LogP contribution in [0.15, 0.2) is 5.11 Å². The van der Waals surface area contributed by atoms with Crippen LogP contribution < -0.4 is 0 Å². The highest BCUT2D eigenvalue weighted by Crippen LogP contribution is 2.20. The van der Waals surface area contributed by atoms with Crippen molar-refractivity contribution in [3.05, 3.63) is 10.4 Å². The van der Waals surface area contributed by atoms with Crippen LogP contribution in [0.1, 0.15) is 25.7 Å². The first-order chi connectivity index (χ1) is 4.83. The van der Waals surface area contributed by atoms with Crippen LogP contribution in [-0.2, 0) is 0 Å². The fraction of sp³-hybridized carbons (Fsp3) is 1.00. The van der Waals surface area contributed by atoms with E-state index in [1.807, 2.05) is 0 Å². The molecule has 0 bridgehead atoms. The van der Waals surface area contributed by atoms with Crippen molar-refractivity contribution in [2.75, 3.05) is 0 Å². The Morgan fingerprint density at radius 3 is 2.90 bits per heavy atom. The number of nitrogens with zero attached hydrogens (tertiary/aromatic N) is 3. The van der Waals surface area contributed by atoms with Crippen LogP contribution in [0.25, 0.3) is 10.4 Å². The number of rotatable bonds is 1. The Bertz CT molecular complexity index is 153. The Morgan fingerprint density at radius 2 is 2.30 bits per heavy atom. The van der Waals surface area contributed by atoms with Crippen molar-refractivity contribution in [3.63, 3.8) is 0 Å². The summed E-state index contributed by atoms with van der Waals surface area (Å²) < 4.78 is 0. The average molecular weight is 141 g/mol. The van der Waals surface area contributed by atoms with Gasteiger partial charge in [-0.15, -0.1) is 0 Å². The van der Waals surface area contributed by atoms with Gasteiger partial charge in [0.25, 0.3) is 0 Å². The van der Waals surface area contributed by atoms with Gasteiger partial charge in [0.1, 0.15) is 0 Å². The molecule has 0 aromatic heterocycles. The van der Waals surface area contributed by atoms with E-state index in [1.54, 1.807) is 0 Å². The fourth-order valence-corrected chi connectivity index (χ4v) is 1.32. The third kappa shape index (κ3) is 1.90. The molecule has 1 rings (SSSR count). The highest BCUT2D eigenvalue weighted by Gasteiger charge is 2.18. The summed E-state index contributed by atoms with van der Waals surface area (Å²) in [5, 5.41) is 12.7. The molecule has 0 radical (unpaired) electrons. The third-order valence-electron chi connectivity index (χ3n) is 1.83. The molecule has 0 aliphatic heterocycles. The Kier molecular flexibility index (Phi) is 2.54. The fourth-order valence-electron chi connectivity index (χ4n) is 1.32. The molecular formula is C6H11N3O. The summed E-state index contributed by atoms with van der Waals surface area (Å²) >= 11 is 0. The van der Waals surface area contributed by atoms with Crippen LogP contribution >= 0.6 is 0 Å². The number of azide groups is 1. The molecular weight excluding hydrogens is 130 g/mol. The molecule has 1 fully saturated rings. The van der Waals surface area contributed by atoms with Gasteiger partial charge in [0, 0.05) is 11.0 Å². The minimum atomic E-state index is -0.246. The van der Waals surface area contributed by atoms with Crippen molar-refractivity contribution in [2.24, 2.45) is 5.11 Å². The van der Waals surface area contributed by atoms with Crippen molar-refractivity contribution in [2.45, 2.75) is 37.8 Å². The molecule has 4 nitrogen and oxygen atoms in total. The molecule has 2 atom stereocenters. The maximum absolute atomic E-state index is 9.12. The summed E-state index contributed by atoms with van der Waals surface area (Å²) in [6.45, 7) is 0. The van der Waals surface area contributed by atoms with Crippen LogP contribution in [0.5, 0.6) is 0 Å². The maximum Gasteiger partial charge on any atom is 0.0544 e. The number of aliphatic hydroxyl groups is 1. The molecule has 0 amide bonds. The van der Waals surface area contributed by atoms with Gasteiger partial charge in [-0.05, 0) is 24.8 Å². The van der Waals surface area contributed by atoms with Gasteiger partial charge in [0.15, 0.2) is 0 Å². The molecule has 0 saturated heterocycles. The first-order valence-electron chi connectivity index (χ1n) is 3.55. The molecule has 0 heterocycles. The number of hydrogen-bond donors (Lipinski definition) is 1. The van der Waals surface area contributed by atoms with Crippen LogP contribution in [0.3, 0.4) is 0 Å². The van der Waals surface area contributed by atoms with Gasteiger partial charge < -0.3 is 5.11 Å². The van der Waals surface area contributed by atoms with E-state index in [-0.39, 0.29) is 12.1 Å². The lowest BCUT2D eigenvalue weighted by molar-refractivity contribution is 0.121. The summed E-state index contributed by atoms with van der Waals surface area (Å²) in [4.78, 5) is 2.71. The molecule has 0 aromatic carbocycles. The van der Waals surface area contributed by atoms with Crippen molar-refractivity contribution < 1.29 is 5.11 Å². The Balaban J connectivity index is 2.39. The lowest BCUT2D eigenvalue weighted by Gasteiger charge is -2.21. The smallest absolute Gasteiger partial charge is 0.0544 e. The van der Waals surface area contributed by atoms with Crippen LogP contribution in [0.4, 0.5) is 0 Å². The zero-order valence-corrected chi connectivity index (χ0v) is 5.77. The normalized spacial score (nSPS) is 32.9. The zero-order valence-electron chi connectivity index (χ0n) is 5.77. The second kappa shape index (κ2) is 3.44. The van der Waals surface area contributed by atoms with Gasteiger partial charge in [-0.25, -0.2) is 0 Å². The van der Waals surface area contributed by atoms with E-state index < -0.39 is 0 Å². The van der Waals surface area contributed by atoms with Gasteiger partial charge >= 0.3 is 0 Å². The Labute approximate surface area is 59.5 Å². The first kappa shape index (κ1) is 7.38. The predicted octanol–water partition coefficient (Wildman–Crippen LogP) is 1.60. The monoisotopic (exact) mass is 141 g/mol. The summed E-state index contributed by atoms with van der Waals surface area (Å²) in [5.41, 5.74) is 8.08. The zero-order chi connectivity index (χ0) is 7.40. The van der Waals surface area contributed by atoms with E-state index in [2.05, 4.69) is 10.0 Å². The summed E-state index contributed by atoms with van der Waals surface area (Å²) in [5.74, 6) is 0. The largest absolute Gasteiger partial charge is 0.393 e. The van der Waals surface area contributed by atoms with E-state index in [1.165, 1.54) is 0 Å². The van der Waals surface area contributed by atoms with Crippen LogP contribution in [0.2, 0.25) is 0 Å². The molecule has 4 heteroatoms. The summed E-state index contributed by atoms with van der Waals surface area (Å²) in [7, 11) is 0. The molecule has 1 N–H and O–H groups in total. The van der Waals surface area contributed by atoms with Crippen LogP contribution in [-0.4, -0.2) is 17.3 Å². The second-order valence-electron chi connectivity index (χ2n) is 2.68. The molecule has 0 aromatic rings. The third-order valence-corrected chi connectivity index (χ3v) is 1.83. The van der Waals surface area contributed by atoms with Gasteiger partial charge in [-0.3, -0.25) is 0 Å². The summed E-state index contributed by atoms with van der Waals surface area (Å²) in [6.07, 6.45) is 3.16. The molecule has 10 heavy (non-hydrogen) atoms. The van der Waals surface area contributed by atoms with Gasteiger partial charge in [-0.1, -0.05) is 11.5 Å². The molecule has 1 aliphatic carbocycles. The van der Waals surface area contributed by atoms with E-state index in [0.29, 0.717) is 6.42 Å². The molecule has 2 unspecified atom stereocenters. The Hall–Kier alpha value is -0.730. The minimum Gasteiger partial charge on any atom is -0.393 e. The molecule has 1 aliphatic rings. The van der Waals surface area contributed by atoms with Crippen LogP contribution in [0, 0.1) is 0 Å². The standard InChI is InChI=1S/C6H11N3O/c7-9-8-5-2-1-3-6(10)4-5/h5-6,10H,1-4H2. The first-order valence-corrected chi connectivity index (χ1v) is 3.55. The lowest BCUT2D eigenvalue weighted by atomic mass is 9.94. The van der Waals surface area contributed by atoms with Crippen molar-refractivity contribution in [1.82, 2.24) is 0 Å². The molecule has 0 spiro atoms. The van der Waals surface area contributed by atoms with Gasteiger partial charge in [-0.2, -0.15) is 0 Å². The van der Waals surface area contributed by atoms with Crippen molar-refractivity contribution in [1.29, 1.82) is 0 Å². The molecule has 56 valence electrons. The van der Waals surface area contributed by atoms with Crippen molar-refractivity contribution in [3.8, 4) is 0 Å².